The first-order chi connectivity index (χ1) is 11.9. The van der Waals surface area contributed by atoms with Crippen LogP contribution in [-0.4, -0.2) is 64.1 Å². The Morgan fingerprint density at radius 2 is 2.12 bits per heavy atom. The predicted molar refractivity (Wildman–Crippen MR) is 90.3 cm³/mol. The SMILES string of the molecule is Cc1noc([C@@H](C)N2CCN(CC(=O)N[C@](C)(C#N)C3CC3)CC2)n1. The molecule has 1 aromatic rings. The number of nitrogens with zero attached hydrogens (tertiary/aromatic N) is 5. The van der Waals surface area contributed by atoms with E-state index in [1.165, 1.54) is 0 Å². The third kappa shape index (κ3) is 4.17. The van der Waals surface area contributed by atoms with Crippen LogP contribution in [0.4, 0.5) is 0 Å². The highest BCUT2D eigenvalue weighted by molar-refractivity contribution is 5.79. The van der Waals surface area contributed by atoms with Crippen molar-refractivity contribution in [2.45, 2.75) is 45.2 Å². The minimum absolute atomic E-state index is 0.0648. The fraction of sp³-hybridized carbons (Fsp3) is 0.765. The van der Waals surface area contributed by atoms with Crippen LogP contribution in [0.1, 0.15) is 44.4 Å². The molecule has 25 heavy (non-hydrogen) atoms. The lowest BCUT2D eigenvalue weighted by molar-refractivity contribution is -0.124. The average molecular weight is 346 g/mol. The number of piperazine rings is 1. The number of hydrogen-bond acceptors (Lipinski definition) is 7. The number of nitrogens with one attached hydrogen (secondary N) is 1. The summed E-state index contributed by atoms with van der Waals surface area (Å²) in [4.78, 5) is 21.0. The van der Waals surface area contributed by atoms with E-state index in [2.05, 4.69) is 38.3 Å². The Morgan fingerprint density at radius 1 is 1.44 bits per heavy atom. The third-order valence-electron chi connectivity index (χ3n) is 5.25. The monoisotopic (exact) mass is 346 g/mol. The quantitative estimate of drug-likeness (QED) is 0.816. The van der Waals surface area contributed by atoms with Crippen molar-refractivity contribution in [3.63, 3.8) is 0 Å². The van der Waals surface area contributed by atoms with Crippen LogP contribution in [0.25, 0.3) is 0 Å². The van der Waals surface area contributed by atoms with Gasteiger partial charge in [-0.2, -0.15) is 10.2 Å². The summed E-state index contributed by atoms with van der Waals surface area (Å²) < 4.78 is 5.26. The largest absolute Gasteiger partial charge is 0.338 e. The van der Waals surface area contributed by atoms with Crippen molar-refractivity contribution in [2.75, 3.05) is 32.7 Å². The molecule has 2 heterocycles. The van der Waals surface area contributed by atoms with E-state index in [1.54, 1.807) is 0 Å². The van der Waals surface area contributed by atoms with E-state index in [-0.39, 0.29) is 11.9 Å². The summed E-state index contributed by atoms with van der Waals surface area (Å²) in [6, 6.07) is 2.35. The highest BCUT2D eigenvalue weighted by atomic mass is 16.5. The van der Waals surface area contributed by atoms with Crippen molar-refractivity contribution in [3.05, 3.63) is 11.7 Å². The molecule has 8 heteroatoms. The number of amides is 1. The van der Waals surface area contributed by atoms with Gasteiger partial charge in [0.05, 0.1) is 18.7 Å². The van der Waals surface area contributed by atoms with Crippen molar-refractivity contribution in [3.8, 4) is 6.07 Å². The van der Waals surface area contributed by atoms with E-state index in [4.69, 9.17) is 4.52 Å². The highest BCUT2D eigenvalue weighted by Gasteiger charge is 2.43. The average Bonchev–Trinajstić information content (AvgIpc) is 3.37. The molecule has 0 aromatic carbocycles. The van der Waals surface area contributed by atoms with Crippen LogP contribution in [0.2, 0.25) is 0 Å². The summed E-state index contributed by atoms with van der Waals surface area (Å²) in [6.45, 7) is 9.33. The predicted octanol–water partition coefficient (Wildman–Crippen LogP) is 0.865. The molecule has 1 N–H and O–H groups in total. The number of aryl methyl sites for hydroxylation is 1. The second-order valence-corrected chi connectivity index (χ2v) is 7.30. The molecule has 2 aliphatic rings. The van der Waals surface area contributed by atoms with Gasteiger partial charge >= 0.3 is 0 Å². The van der Waals surface area contributed by atoms with Gasteiger partial charge in [-0.1, -0.05) is 5.16 Å². The van der Waals surface area contributed by atoms with E-state index < -0.39 is 5.54 Å². The zero-order chi connectivity index (χ0) is 18.0. The fourth-order valence-corrected chi connectivity index (χ4v) is 3.36. The molecule has 1 aliphatic heterocycles. The van der Waals surface area contributed by atoms with Crippen LogP contribution in [0, 0.1) is 24.2 Å². The Labute approximate surface area is 148 Å². The van der Waals surface area contributed by atoms with Crippen LogP contribution in [0.15, 0.2) is 4.52 Å². The van der Waals surface area contributed by atoms with Crippen LogP contribution >= 0.6 is 0 Å². The van der Waals surface area contributed by atoms with E-state index in [0.29, 0.717) is 24.2 Å². The van der Waals surface area contributed by atoms with Crippen molar-refractivity contribution >= 4 is 5.91 Å². The fourth-order valence-electron chi connectivity index (χ4n) is 3.36. The Kier molecular flexibility index (Phi) is 5.06. The lowest BCUT2D eigenvalue weighted by Crippen LogP contribution is -2.53. The molecule has 1 aliphatic carbocycles. The molecular formula is C17H26N6O2. The third-order valence-corrected chi connectivity index (χ3v) is 5.25. The normalized spacial score (nSPS) is 22.8. The highest BCUT2D eigenvalue weighted by Crippen LogP contribution is 2.39. The lowest BCUT2D eigenvalue weighted by Gasteiger charge is -2.36. The number of rotatable bonds is 6. The minimum Gasteiger partial charge on any atom is -0.338 e. The lowest BCUT2D eigenvalue weighted by atomic mass is 9.98. The zero-order valence-corrected chi connectivity index (χ0v) is 15.2. The second-order valence-electron chi connectivity index (χ2n) is 7.30. The van der Waals surface area contributed by atoms with Crippen LogP contribution in [0.5, 0.6) is 0 Å². The standard InChI is InChI=1S/C17H26N6O2/c1-12(16-19-13(2)21-25-16)23-8-6-22(7-9-23)10-15(24)20-17(3,11-18)14-4-5-14/h12,14H,4-10H2,1-3H3,(H,20,24)/t12-,17-/m1/s1. The summed E-state index contributed by atoms with van der Waals surface area (Å²) in [5, 5.41) is 16.1. The molecule has 0 unspecified atom stereocenters. The van der Waals surface area contributed by atoms with Gasteiger partial charge in [-0.15, -0.1) is 0 Å². The molecule has 136 valence electrons. The zero-order valence-electron chi connectivity index (χ0n) is 15.2. The number of hydrogen-bond donors (Lipinski definition) is 1. The van der Waals surface area contributed by atoms with Gasteiger partial charge in [-0.05, 0) is 39.5 Å². The Hall–Kier alpha value is -1.98. The van der Waals surface area contributed by atoms with Gasteiger partial charge in [0.25, 0.3) is 0 Å². The van der Waals surface area contributed by atoms with Gasteiger partial charge in [0.2, 0.25) is 11.8 Å². The van der Waals surface area contributed by atoms with Crippen molar-refractivity contribution in [2.24, 2.45) is 5.92 Å². The smallest absolute Gasteiger partial charge is 0.243 e. The van der Waals surface area contributed by atoms with Crippen molar-refractivity contribution in [1.29, 1.82) is 5.26 Å². The number of aromatic nitrogens is 2. The summed E-state index contributed by atoms with van der Waals surface area (Å²) in [5.74, 6) is 1.52. The molecular weight excluding hydrogens is 320 g/mol. The molecule has 0 bridgehead atoms. The van der Waals surface area contributed by atoms with Crippen LogP contribution < -0.4 is 5.32 Å². The topological polar surface area (TPSA) is 98.3 Å². The number of nitriles is 1. The van der Waals surface area contributed by atoms with E-state index >= 15 is 0 Å². The molecule has 0 radical (unpaired) electrons. The molecule has 3 rings (SSSR count). The first-order valence-electron chi connectivity index (χ1n) is 8.90. The maximum Gasteiger partial charge on any atom is 0.243 e. The number of carbonyl (C=O) groups is 1. The first kappa shape index (κ1) is 17.8. The molecule has 1 saturated heterocycles. The van der Waals surface area contributed by atoms with Crippen molar-refractivity contribution < 1.29 is 9.32 Å². The Bertz CT molecular complexity index is 656. The molecule has 1 saturated carbocycles. The Morgan fingerprint density at radius 3 is 2.64 bits per heavy atom. The maximum absolute atomic E-state index is 12.3. The summed E-state index contributed by atoms with van der Waals surface area (Å²) in [6.07, 6.45) is 2.05. The van der Waals surface area contributed by atoms with Crippen LogP contribution in [-0.2, 0) is 4.79 Å². The summed E-state index contributed by atoms with van der Waals surface area (Å²) in [7, 11) is 0. The Balaban J connectivity index is 1.46. The molecule has 8 nitrogen and oxygen atoms in total. The summed E-state index contributed by atoms with van der Waals surface area (Å²) in [5.41, 5.74) is -0.719. The van der Waals surface area contributed by atoms with E-state index in [0.717, 1.165) is 39.0 Å². The van der Waals surface area contributed by atoms with Gasteiger partial charge < -0.3 is 9.84 Å². The van der Waals surface area contributed by atoms with Gasteiger partial charge in [0, 0.05) is 26.2 Å². The van der Waals surface area contributed by atoms with Gasteiger partial charge in [0.1, 0.15) is 5.54 Å². The van der Waals surface area contributed by atoms with E-state index in [9.17, 15) is 10.1 Å². The van der Waals surface area contributed by atoms with Crippen LogP contribution in [0.3, 0.4) is 0 Å². The van der Waals surface area contributed by atoms with Gasteiger partial charge in [-0.25, -0.2) is 0 Å². The van der Waals surface area contributed by atoms with Gasteiger partial charge in [0.15, 0.2) is 5.82 Å². The van der Waals surface area contributed by atoms with E-state index in [1.807, 2.05) is 13.8 Å². The van der Waals surface area contributed by atoms with Gasteiger partial charge in [-0.3, -0.25) is 14.6 Å². The summed E-state index contributed by atoms with van der Waals surface area (Å²) >= 11 is 0. The molecule has 0 spiro atoms. The van der Waals surface area contributed by atoms with Crippen molar-refractivity contribution in [1.82, 2.24) is 25.3 Å². The second kappa shape index (κ2) is 7.10. The number of carbonyl (C=O) groups excluding carboxylic acids is 1. The maximum atomic E-state index is 12.3. The molecule has 1 amide bonds. The molecule has 2 atom stereocenters. The first-order valence-corrected chi connectivity index (χ1v) is 8.90. The molecule has 1 aromatic heterocycles. The molecule has 2 fully saturated rings. The minimum atomic E-state index is -0.719.